The van der Waals surface area contributed by atoms with Crippen LogP contribution in [0, 0.1) is 0 Å². The SMILES string of the molecule is CC(CN1CCOCC1)NC(=O)/C=C/c1nc2ccccc2o1. The van der Waals surface area contributed by atoms with E-state index in [4.69, 9.17) is 9.15 Å². The Balaban J connectivity index is 1.51. The standard InChI is InChI=1S/C17H21N3O3/c1-13(12-20-8-10-22-11-9-20)18-16(21)6-7-17-19-14-4-2-3-5-15(14)23-17/h2-7,13H,8-12H2,1H3,(H,18,21)/b7-6+. The first-order chi connectivity index (χ1) is 11.2. The summed E-state index contributed by atoms with van der Waals surface area (Å²) in [7, 11) is 0. The molecule has 1 unspecified atom stereocenters. The van der Waals surface area contributed by atoms with Crippen LogP contribution in [0.1, 0.15) is 12.8 Å². The maximum absolute atomic E-state index is 12.0. The van der Waals surface area contributed by atoms with Gasteiger partial charge in [-0.3, -0.25) is 9.69 Å². The van der Waals surface area contributed by atoms with Crippen molar-refractivity contribution in [3.05, 3.63) is 36.2 Å². The largest absolute Gasteiger partial charge is 0.437 e. The minimum atomic E-state index is -0.145. The summed E-state index contributed by atoms with van der Waals surface area (Å²) in [5.74, 6) is 0.287. The number of nitrogens with one attached hydrogen (secondary N) is 1. The van der Waals surface area contributed by atoms with E-state index >= 15 is 0 Å². The summed E-state index contributed by atoms with van der Waals surface area (Å²) in [6.07, 6.45) is 3.05. The van der Waals surface area contributed by atoms with Crippen LogP contribution < -0.4 is 5.32 Å². The zero-order valence-electron chi connectivity index (χ0n) is 13.2. The topological polar surface area (TPSA) is 67.6 Å². The number of carbonyl (C=O) groups is 1. The Morgan fingerprint density at radius 1 is 1.39 bits per heavy atom. The van der Waals surface area contributed by atoms with Crippen LogP contribution in [0.25, 0.3) is 17.2 Å². The third-order valence-corrected chi connectivity index (χ3v) is 3.71. The molecule has 0 radical (unpaired) electrons. The molecule has 6 nitrogen and oxygen atoms in total. The van der Waals surface area contributed by atoms with Crippen LogP contribution in [-0.4, -0.2) is 54.7 Å². The molecule has 1 aliphatic rings. The second kappa shape index (κ2) is 7.39. The van der Waals surface area contributed by atoms with Gasteiger partial charge in [0.2, 0.25) is 11.8 Å². The second-order valence-corrected chi connectivity index (χ2v) is 5.68. The van der Waals surface area contributed by atoms with Gasteiger partial charge in [0.05, 0.1) is 13.2 Å². The Labute approximate surface area is 135 Å². The van der Waals surface area contributed by atoms with Crippen molar-refractivity contribution >= 4 is 23.1 Å². The normalized spacial score (nSPS) is 17.6. The van der Waals surface area contributed by atoms with Gasteiger partial charge in [-0.1, -0.05) is 12.1 Å². The number of hydrogen-bond acceptors (Lipinski definition) is 5. The Bertz CT molecular complexity index is 656. The Hall–Kier alpha value is -2.18. The molecule has 1 N–H and O–H groups in total. The maximum atomic E-state index is 12.0. The van der Waals surface area contributed by atoms with E-state index in [1.807, 2.05) is 31.2 Å². The Morgan fingerprint density at radius 3 is 2.96 bits per heavy atom. The zero-order chi connectivity index (χ0) is 16.1. The molecule has 23 heavy (non-hydrogen) atoms. The van der Waals surface area contributed by atoms with Gasteiger partial charge in [0, 0.05) is 37.8 Å². The molecule has 6 heteroatoms. The molecule has 0 saturated carbocycles. The first-order valence-corrected chi connectivity index (χ1v) is 7.85. The number of hydrogen-bond donors (Lipinski definition) is 1. The van der Waals surface area contributed by atoms with Crippen LogP contribution >= 0.6 is 0 Å². The van der Waals surface area contributed by atoms with Crippen molar-refractivity contribution in [1.82, 2.24) is 15.2 Å². The van der Waals surface area contributed by atoms with Crippen LogP contribution in [-0.2, 0) is 9.53 Å². The monoisotopic (exact) mass is 315 g/mol. The molecular weight excluding hydrogens is 294 g/mol. The number of aromatic nitrogens is 1. The molecule has 1 atom stereocenters. The minimum Gasteiger partial charge on any atom is -0.437 e. The molecule has 0 bridgehead atoms. The third-order valence-electron chi connectivity index (χ3n) is 3.71. The van der Waals surface area contributed by atoms with Crippen LogP contribution in [0.15, 0.2) is 34.8 Å². The molecule has 122 valence electrons. The number of fused-ring (bicyclic) bond motifs is 1. The second-order valence-electron chi connectivity index (χ2n) is 5.68. The third kappa shape index (κ3) is 4.40. The van der Waals surface area contributed by atoms with E-state index in [0.717, 1.165) is 38.4 Å². The van der Waals surface area contributed by atoms with E-state index in [9.17, 15) is 4.79 Å². The summed E-state index contributed by atoms with van der Waals surface area (Å²) in [4.78, 5) is 18.6. The average molecular weight is 315 g/mol. The van der Waals surface area contributed by atoms with E-state index < -0.39 is 0 Å². The molecular formula is C17H21N3O3. The van der Waals surface area contributed by atoms with Crippen molar-refractivity contribution in [2.24, 2.45) is 0 Å². The zero-order valence-corrected chi connectivity index (χ0v) is 13.2. The van der Waals surface area contributed by atoms with E-state index in [1.165, 1.54) is 6.08 Å². The van der Waals surface area contributed by atoms with Gasteiger partial charge in [0.1, 0.15) is 5.52 Å². The molecule has 1 saturated heterocycles. The van der Waals surface area contributed by atoms with Gasteiger partial charge in [-0.05, 0) is 19.1 Å². The highest BCUT2D eigenvalue weighted by atomic mass is 16.5. The number of ether oxygens (including phenoxy) is 1. The minimum absolute atomic E-state index is 0.0777. The number of rotatable bonds is 5. The van der Waals surface area contributed by atoms with Gasteiger partial charge in [0.25, 0.3) is 0 Å². The molecule has 1 aromatic heterocycles. The van der Waals surface area contributed by atoms with E-state index in [1.54, 1.807) is 6.08 Å². The number of carbonyl (C=O) groups excluding carboxylic acids is 1. The first kappa shape index (κ1) is 15.7. The number of morpholine rings is 1. The Kier molecular flexibility index (Phi) is 5.05. The van der Waals surface area contributed by atoms with Crippen LogP contribution in [0.5, 0.6) is 0 Å². The van der Waals surface area contributed by atoms with Gasteiger partial charge >= 0.3 is 0 Å². The summed E-state index contributed by atoms with van der Waals surface area (Å²) in [5.41, 5.74) is 1.50. The van der Waals surface area contributed by atoms with Crippen LogP contribution in [0.2, 0.25) is 0 Å². The van der Waals surface area contributed by atoms with Crippen LogP contribution in [0.3, 0.4) is 0 Å². The van der Waals surface area contributed by atoms with E-state index in [0.29, 0.717) is 11.5 Å². The predicted molar refractivity (Wildman–Crippen MR) is 87.9 cm³/mol. The fourth-order valence-electron chi connectivity index (χ4n) is 2.62. The van der Waals surface area contributed by atoms with Gasteiger partial charge in [-0.15, -0.1) is 0 Å². The van der Waals surface area contributed by atoms with Crippen LogP contribution in [0.4, 0.5) is 0 Å². The molecule has 0 spiro atoms. The summed E-state index contributed by atoms with van der Waals surface area (Å²) in [6.45, 7) is 6.18. The quantitative estimate of drug-likeness (QED) is 0.850. The van der Waals surface area contributed by atoms with Crippen molar-refractivity contribution in [1.29, 1.82) is 0 Å². The first-order valence-electron chi connectivity index (χ1n) is 7.85. The lowest BCUT2D eigenvalue weighted by atomic mass is 10.3. The van der Waals surface area contributed by atoms with Crippen molar-refractivity contribution in [2.75, 3.05) is 32.8 Å². The lowest BCUT2D eigenvalue weighted by Gasteiger charge is -2.29. The average Bonchev–Trinajstić information content (AvgIpc) is 2.96. The fraction of sp³-hybridized carbons (Fsp3) is 0.412. The van der Waals surface area contributed by atoms with Gasteiger partial charge in [0.15, 0.2) is 5.58 Å². The predicted octanol–water partition coefficient (Wildman–Crippen LogP) is 1.68. The summed E-state index contributed by atoms with van der Waals surface area (Å²) >= 11 is 0. The fourth-order valence-corrected chi connectivity index (χ4v) is 2.62. The number of nitrogens with zero attached hydrogens (tertiary/aromatic N) is 2. The molecule has 1 aromatic carbocycles. The van der Waals surface area contributed by atoms with E-state index in [2.05, 4.69) is 15.2 Å². The summed E-state index contributed by atoms with van der Waals surface area (Å²) < 4.78 is 10.9. The number of amides is 1. The highest BCUT2D eigenvalue weighted by Crippen LogP contribution is 2.15. The van der Waals surface area contributed by atoms with Crippen molar-refractivity contribution in [2.45, 2.75) is 13.0 Å². The lowest BCUT2D eigenvalue weighted by Crippen LogP contribution is -2.45. The lowest BCUT2D eigenvalue weighted by molar-refractivity contribution is -0.117. The van der Waals surface area contributed by atoms with Crippen molar-refractivity contribution in [3.8, 4) is 0 Å². The molecule has 0 aliphatic carbocycles. The van der Waals surface area contributed by atoms with Gasteiger partial charge in [-0.25, -0.2) is 4.98 Å². The molecule has 3 rings (SSSR count). The van der Waals surface area contributed by atoms with Gasteiger partial charge < -0.3 is 14.5 Å². The molecule has 2 aromatic rings. The molecule has 2 heterocycles. The molecule has 1 aliphatic heterocycles. The summed E-state index contributed by atoms with van der Waals surface area (Å²) in [5, 5.41) is 2.95. The highest BCUT2D eigenvalue weighted by molar-refractivity contribution is 5.91. The Morgan fingerprint density at radius 2 is 2.17 bits per heavy atom. The number of para-hydroxylation sites is 2. The maximum Gasteiger partial charge on any atom is 0.244 e. The van der Waals surface area contributed by atoms with Gasteiger partial charge in [-0.2, -0.15) is 0 Å². The smallest absolute Gasteiger partial charge is 0.244 e. The molecule has 1 amide bonds. The van der Waals surface area contributed by atoms with E-state index in [-0.39, 0.29) is 11.9 Å². The number of benzene rings is 1. The molecule has 1 fully saturated rings. The van der Waals surface area contributed by atoms with Crippen molar-refractivity contribution in [3.63, 3.8) is 0 Å². The summed E-state index contributed by atoms with van der Waals surface area (Å²) in [6, 6.07) is 7.60. The number of oxazole rings is 1. The highest BCUT2D eigenvalue weighted by Gasteiger charge is 2.14. The van der Waals surface area contributed by atoms with Crippen molar-refractivity contribution < 1.29 is 13.9 Å².